The van der Waals surface area contributed by atoms with E-state index in [1.165, 1.54) is 16.3 Å². The lowest BCUT2D eigenvalue weighted by Crippen LogP contribution is -2.35. The number of nitrogens with zero attached hydrogens (tertiary/aromatic N) is 2. The molecule has 2 aliphatic rings. The fourth-order valence-corrected chi connectivity index (χ4v) is 5.30. The maximum absolute atomic E-state index is 12.9. The molecule has 3 heterocycles. The van der Waals surface area contributed by atoms with Gasteiger partial charge in [0.2, 0.25) is 5.91 Å². The molecule has 34 heavy (non-hydrogen) atoms. The van der Waals surface area contributed by atoms with Crippen LogP contribution < -0.4 is 16.2 Å². The molecular weight excluding hydrogens is 496 g/mol. The second-order valence-electron chi connectivity index (χ2n) is 9.05. The molecule has 0 spiro atoms. The molecule has 2 aliphatic heterocycles. The zero-order valence-corrected chi connectivity index (χ0v) is 20.2. The number of aryl methyl sites for hydroxylation is 1. The average Bonchev–Trinajstić information content (AvgIpc) is 3.50. The molecule has 1 fully saturated rings. The van der Waals surface area contributed by atoms with Crippen LogP contribution in [-0.4, -0.2) is 32.6 Å². The van der Waals surface area contributed by atoms with E-state index < -0.39 is 12.1 Å². The summed E-state index contributed by atoms with van der Waals surface area (Å²) in [7, 11) is 0. The van der Waals surface area contributed by atoms with Crippen molar-refractivity contribution in [2.75, 3.05) is 5.32 Å². The number of aromatic nitrogens is 2. The van der Waals surface area contributed by atoms with Crippen molar-refractivity contribution in [1.29, 1.82) is 0 Å². The summed E-state index contributed by atoms with van der Waals surface area (Å²) in [5.41, 5.74) is 2.59. The maximum Gasteiger partial charge on any atom is 0.268 e. The fraction of sp³-hybridized carbons (Fsp3) is 0.346. The van der Waals surface area contributed by atoms with Crippen molar-refractivity contribution in [2.45, 2.75) is 56.3 Å². The Bertz CT molecular complexity index is 1230. The van der Waals surface area contributed by atoms with Crippen LogP contribution in [0.15, 0.2) is 70.1 Å². The van der Waals surface area contributed by atoms with Gasteiger partial charge in [-0.2, -0.15) is 0 Å². The van der Waals surface area contributed by atoms with Crippen LogP contribution in [0.25, 0.3) is 0 Å². The van der Waals surface area contributed by atoms with Gasteiger partial charge in [0, 0.05) is 30.4 Å². The molecule has 1 amide bonds. The summed E-state index contributed by atoms with van der Waals surface area (Å²) in [4.78, 5) is 29.6. The minimum absolute atomic E-state index is 0.0539. The van der Waals surface area contributed by atoms with Crippen molar-refractivity contribution in [3.8, 4) is 0 Å². The molecule has 0 aliphatic carbocycles. The van der Waals surface area contributed by atoms with E-state index in [9.17, 15) is 14.7 Å². The predicted octanol–water partition coefficient (Wildman–Crippen LogP) is 3.53. The third-order valence-corrected chi connectivity index (χ3v) is 7.33. The number of anilines is 1. The summed E-state index contributed by atoms with van der Waals surface area (Å²) in [5.74, 6) is 0.437. The largest absolute Gasteiger partial charge is 0.387 e. The van der Waals surface area contributed by atoms with E-state index in [0.29, 0.717) is 34.9 Å². The molecule has 5 rings (SSSR count). The molecule has 1 saturated heterocycles. The summed E-state index contributed by atoms with van der Waals surface area (Å²) in [6, 6.07) is 17.4. The molecular formula is C26H27BrN4O3. The standard InChI is InChI=1S/C26H27BrN4O3/c27-20-15-28-23-13-12-22(31(23)26(20)34)25(33)30-18-8-6-16(7-9-18)14-19-10-11-21(29-19)24(32)17-4-2-1-3-5-17/h1-9,15,19,21-22,24,29,32H,10-14H2,(H,30,33)/t19-,21+,22+,24+/m0/s1. The Balaban J connectivity index is 1.18. The van der Waals surface area contributed by atoms with Gasteiger partial charge in [0.25, 0.3) is 5.56 Å². The normalized spacial score (nSPS) is 22.4. The van der Waals surface area contributed by atoms with Crippen molar-refractivity contribution >= 4 is 27.5 Å². The van der Waals surface area contributed by atoms with Crippen LogP contribution in [0.5, 0.6) is 0 Å². The van der Waals surface area contributed by atoms with E-state index in [0.717, 1.165) is 24.8 Å². The molecule has 0 bridgehead atoms. The monoisotopic (exact) mass is 522 g/mol. The zero-order chi connectivity index (χ0) is 23.7. The van der Waals surface area contributed by atoms with E-state index in [4.69, 9.17) is 0 Å². The van der Waals surface area contributed by atoms with Crippen LogP contribution in [0.3, 0.4) is 0 Å². The van der Waals surface area contributed by atoms with Crippen molar-refractivity contribution in [3.05, 3.63) is 92.6 Å². The van der Waals surface area contributed by atoms with Crippen LogP contribution in [-0.2, 0) is 17.6 Å². The number of halogens is 1. The van der Waals surface area contributed by atoms with Crippen molar-refractivity contribution < 1.29 is 9.90 Å². The predicted molar refractivity (Wildman–Crippen MR) is 134 cm³/mol. The number of rotatable bonds is 6. The third kappa shape index (κ3) is 4.71. The molecule has 3 aromatic rings. The van der Waals surface area contributed by atoms with Gasteiger partial charge in [-0.3, -0.25) is 14.2 Å². The Hall–Kier alpha value is -2.81. The van der Waals surface area contributed by atoms with Crippen LogP contribution in [0, 0.1) is 0 Å². The van der Waals surface area contributed by atoms with Gasteiger partial charge in [0.1, 0.15) is 16.3 Å². The number of hydrogen-bond donors (Lipinski definition) is 3. The summed E-state index contributed by atoms with van der Waals surface area (Å²) < 4.78 is 1.85. The molecule has 4 atom stereocenters. The van der Waals surface area contributed by atoms with Gasteiger partial charge in [-0.15, -0.1) is 0 Å². The number of nitrogens with one attached hydrogen (secondary N) is 2. The van der Waals surface area contributed by atoms with Gasteiger partial charge < -0.3 is 15.7 Å². The number of hydrogen-bond acceptors (Lipinski definition) is 5. The second kappa shape index (κ2) is 9.82. The molecule has 2 aromatic carbocycles. The van der Waals surface area contributed by atoms with Crippen LogP contribution in [0.1, 0.15) is 48.4 Å². The first-order chi connectivity index (χ1) is 16.5. The first-order valence-electron chi connectivity index (χ1n) is 11.6. The number of amides is 1. The topological polar surface area (TPSA) is 96.2 Å². The minimum atomic E-state index is -0.553. The zero-order valence-electron chi connectivity index (χ0n) is 18.7. The second-order valence-corrected chi connectivity index (χ2v) is 9.90. The molecule has 7 nitrogen and oxygen atoms in total. The number of carbonyl (C=O) groups is 1. The Morgan fingerprint density at radius 3 is 2.68 bits per heavy atom. The van der Waals surface area contributed by atoms with Gasteiger partial charge in [0.15, 0.2) is 0 Å². The van der Waals surface area contributed by atoms with Crippen LogP contribution in [0.4, 0.5) is 5.69 Å². The van der Waals surface area contributed by atoms with Gasteiger partial charge >= 0.3 is 0 Å². The first-order valence-corrected chi connectivity index (χ1v) is 12.4. The first kappa shape index (κ1) is 23.0. The van der Waals surface area contributed by atoms with E-state index in [1.807, 2.05) is 54.6 Å². The molecule has 0 saturated carbocycles. The van der Waals surface area contributed by atoms with E-state index in [2.05, 4.69) is 31.5 Å². The highest BCUT2D eigenvalue weighted by Gasteiger charge is 2.31. The van der Waals surface area contributed by atoms with Crippen molar-refractivity contribution in [1.82, 2.24) is 14.9 Å². The smallest absolute Gasteiger partial charge is 0.268 e. The van der Waals surface area contributed by atoms with Gasteiger partial charge in [-0.25, -0.2) is 4.98 Å². The fourth-order valence-electron chi connectivity index (χ4n) is 5.01. The summed E-state index contributed by atoms with van der Waals surface area (Å²) in [5, 5.41) is 17.2. The van der Waals surface area contributed by atoms with Crippen LogP contribution in [0.2, 0.25) is 0 Å². The highest BCUT2D eigenvalue weighted by atomic mass is 79.9. The summed E-state index contributed by atoms with van der Waals surface area (Å²) in [6.45, 7) is 0. The number of aliphatic hydroxyl groups excluding tert-OH is 1. The SMILES string of the molecule is O=C(Nc1ccc(C[C@@H]2CC[C@H]([C@H](O)c3ccccc3)N2)cc1)[C@H]1CCc2ncc(Br)c(=O)n21. The van der Waals surface area contributed by atoms with E-state index in [-0.39, 0.29) is 17.5 Å². The number of carbonyl (C=O) groups excluding carboxylic acids is 1. The molecule has 8 heteroatoms. The molecule has 176 valence electrons. The molecule has 0 unspecified atom stereocenters. The summed E-state index contributed by atoms with van der Waals surface area (Å²) in [6.07, 6.45) is 4.95. The molecule has 0 radical (unpaired) electrons. The third-order valence-electron chi connectivity index (χ3n) is 6.79. The van der Waals surface area contributed by atoms with Crippen molar-refractivity contribution in [3.63, 3.8) is 0 Å². The lowest BCUT2D eigenvalue weighted by atomic mass is 10.0. The lowest BCUT2D eigenvalue weighted by Gasteiger charge is -2.20. The Morgan fingerprint density at radius 1 is 1.15 bits per heavy atom. The van der Waals surface area contributed by atoms with Gasteiger partial charge in [-0.1, -0.05) is 42.5 Å². The van der Waals surface area contributed by atoms with E-state index >= 15 is 0 Å². The van der Waals surface area contributed by atoms with Gasteiger partial charge in [-0.05, 0) is 64.9 Å². The number of aliphatic hydroxyl groups is 1. The lowest BCUT2D eigenvalue weighted by molar-refractivity contribution is -0.119. The number of benzene rings is 2. The van der Waals surface area contributed by atoms with Gasteiger partial charge in [0.05, 0.1) is 6.10 Å². The summed E-state index contributed by atoms with van der Waals surface area (Å²) >= 11 is 3.21. The molecule has 1 aromatic heterocycles. The Labute approximate surface area is 206 Å². The van der Waals surface area contributed by atoms with Crippen LogP contribution >= 0.6 is 15.9 Å². The number of fused-ring (bicyclic) bond motifs is 1. The average molecular weight is 523 g/mol. The Kier molecular flexibility index (Phi) is 6.63. The molecule has 3 N–H and O–H groups in total. The van der Waals surface area contributed by atoms with Crippen molar-refractivity contribution in [2.24, 2.45) is 0 Å². The highest BCUT2D eigenvalue weighted by molar-refractivity contribution is 9.10. The minimum Gasteiger partial charge on any atom is -0.387 e. The Morgan fingerprint density at radius 2 is 1.91 bits per heavy atom. The van der Waals surface area contributed by atoms with E-state index in [1.54, 1.807) is 0 Å². The maximum atomic E-state index is 12.9. The highest BCUT2D eigenvalue weighted by Crippen LogP contribution is 2.28. The quantitative estimate of drug-likeness (QED) is 0.460.